The van der Waals surface area contributed by atoms with E-state index in [0.29, 0.717) is 13.0 Å². The summed E-state index contributed by atoms with van der Waals surface area (Å²) in [5.41, 5.74) is 2.63. The average molecular weight is 422 g/mol. The Hall–Kier alpha value is -3.81. The summed E-state index contributed by atoms with van der Waals surface area (Å²) < 4.78 is 20.6. The molecule has 8 heteroatoms. The second-order valence-corrected chi connectivity index (χ2v) is 6.92. The highest BCUT2D eigenvalue weighted by Crippen LogP contribution is 2.33. The molecule has 2 heterocycles. The monoisotopic (exact) mass is 422 g/mol. The number of carbonyl (C=O) groups excluding carboxylic acids is 2. The van der Waals surface area contributed by atoms with Crippen LogP contribution in [0, 0.1) is 0 Å². The van der Waals surface area contributed by atoms with Gasteiger partial charge in [-0.2, -0.15) is 5.10 Å². The lowest BCUT2D eigenvalue weighted by Gasteiger charge is -2.22. The molecule has 0 aromatic heterocycles. The van der Waals surface area contributed by atoms with E-state index in [1.807, 2.05) is 54.6 Å². The van der Waals surface area contributed by atoms with Crippen molar-refractivity contribution in [3.8, 4) is 5.75 Å². The van der Waals surface area contributed by atoms with Gasteiger partial charge in [-0.3, -0.25) is 4.79 Å². The van der Waals surface area contributed by atoms with E-state index in [4.69, 9.17) is 18.9 Å². The Morgan fingerprint density at radius 3 is 2.55 bits per heavy atom. The summed E-state index contributed by atoms with van der Waals surface area (Å²) in [5.74, 6) is -0.515. The Morgan fingerprint density at radius 2 is 1.87 bits per heavy atom. The van der Waals surface area contributed by atoms with Crippen LogP contribution in [0.5, 0.6) is 5.75 Å². The molecule has 2 aromatic rings. The minimum absolute atomic E-state index is 0.0550. The number of amides is 1. The molecule has 2 aliphatic rings. The summed E-state index contributed by atoms with van der Waals surface area (Å²) in [5, 5.41) is 5.94. The first kappa shape index (κ1) is 20.5. The third kappa shape index (κ3) is 4.69. The Kier molecular flexibility index (Phi) is 6.16. The normalized spacial score (nSPS) is 17.7. The molecule has 2 aromatic carbocycles. The van der Waals surface area contributed by atoms with Crippen LogP contribution in [0.2, 0.25) is 0 Å². The molecule has 1 atom stereocenters. The van der Waals surface area contributed by atoms with Gasteiger partial charge in [0.05, 0.1) is 18.9 Å². The van der Waals surface area contributed by atoms with E-state index in [2.05, 4.69) is 5.10 Å². The van der Waals surface area contributed by atoms with E-state index >= 15 is 0 Å². The van der Waals surface area contributed by atoms with Gasteiger partial charge in [0, 0.05) is 6.42 Å². The molecular formula is C23H22N2O6. The van der Waals surface area contributed by atoms with Gasteiger partial charge in [0.1, 0.15) is 25.2 Å². The lowest BCUT2D eigenvalue weighted by molar-refractivity contribution is -0.153. The van der Waals surface area contributed by atoms with Crippen LogP contribution in [-0.4, -0.2) is 49.5 Å². The fourth-order valence-corrected chi connectivity index (χ4v) is 3.37. The van der Waals surface area contributed by atoms with Gasteiger partial charge in [0.25, 0.3) is 5.91 Å². The van der Waals surface area contributed by atoms with Crippen LogP contribution >= 0.6 is 0 Å². The fraction of sp³-hybridized carbons (Fsp3) is 0.261. The molecule has 0 radical (unpaired) electrons. The molecule has 1 amide bonds. The first-order chi connectivity index (χ1) is 15.2. The zero-order chi connectivity index (χ0) is 21.6. The second-order valence-electron chi connectivity index (χ2n) is 6.92. The van der Waals surface area contributed by atoms with Crippen molar-refractivity contribution in [3.05, 3.63) is 77.7 Å². The summed E-state index contributed by atoms with van der Waals surface area (Å²) in [6, 6.07) is 16.8. The number of hydrogen-bond acceptors (Lipinski definition) is 7. The summed E-state index contributed by atoms with van der Waals surface area (Å²) in [6.45, 7) is 0.160. The number of benzene rings is 2. The van der Waals surface area contributed by atoms with Gasteiger partial charge in [-0.05, 0) is 23.3 Å². The van der Waals surface area contributed by atoms with E-state index in [1.165, 1.54) is 11.3 Å². The minimum Gasteiger partial charge on any atom is -0.497 e. The van der Waals surface area contributed by atoms with Crippen LogP contribution in [-0.2, 0) is 23.8 Å². The summed E-state index contributed by atoms with van der Waals surface area (Å²) in [7, 11) is 1.60. The number of hydrazone groups is 1. The Bertz CT molecular complexity index is 1000. The van der Waals surface area contributed by atoms with Crippen LogP contribution in [0.25, 0.3) is 0 Å². The quantitative estimate of drug-likeness (QED) is 0.666. The van der Waals surface area contributed by atoms with Gasteiger partial charge >= 0.3 is 5.97 Å². The van der Waals surface area contributed by atoms with Crippen molar-refractivity contribution in [2.24, 2.45) is 5.10 Å². The van der Waals surface area contributed by atoms with Crippen LogP contribution in [0.3, 0.4) is 0 Å². The SMILES string of the molecule is COc1ccc([C@H]2CC(c3ccccc3)=NN2C(=O)COC(=O)C2=COCCO2)cc1. The molecule has 160 valence electrons. The number of ether oxygens (including phenoxy) is 4. The summed E-state index contributed by atoms with van der Waals surface area (Å²) in [4.78, 5) is 25.1. The molecule has 4 rings (SSSR count). The highest BCUT2D eigenvalue weighted by atomic mass is 16.6. The van der Waals surface area contributed by atoms with E-state index in [1.54, 1.807) is 7.11 Å². The van der Waals surface area contributed by atoms with Crippen molar-refractivity contribution in [1.29, 1.82) is 0 Å². The van der Waals surface area contributed by atoms with Gasteiger partial charge < -0.3 is 18.9 Å². The van der Waals surface area contributed by atoms with E-state index in [9.17, 15) is 9.59 Å². The zero-order valence-corrected chi connectivity index (χ0v) is 17.0. The molecule has 2 aliphatic heterocycles. The fourth-order valence-electron chi connectivity index (χ4n) is 3.37. The maximum absolute atomic E-state index is 12.9. The number of methoxy groups -OCH3 is 1. The van der Waals surface area contributed by atoms with Crippen LogP contribution < -0.4 is 4.74 Å². The topological polar surface area (TPSA) is 86.7 Å². The molecule has 8 nitrogen and oxygen atoms in total. The van der Waals surface area contributed by atoms with Gasteiger partial charge in [-0.15, -0.1) is 0 Å². The number of carbonyl (C=O) groups is 2. The Labute approximate surface area is 179 Å². The lowest BCUT2D eigenvalue weighted by Crippen LogP contribution is -2.32. The van der Waals surface area contributed by atoms with E-state index in [-0.39, 0.29) is 18.4 Å². The number of rotatable bonds is 6. The van der Waals surface area contributed by atoms with Gasteiger partial charge in [0.15, 0.2) is 6.61 Å². The molecule has 0 saturated carbocycles. The largest absolute Gasteiger partial charge is 0.497 e. The first-order valence-electron chi connectivity index (χ1n) is 9.86. The number of esters is 1. The first-order valence-corrected chi connectivity index (χ1v) is 9.86. The Morgan fingerprint density at radius 1 is 1.10 bits per heavy atom. The molecule has 0 aliphatic carbocycles. The van der Waals surface area contributed by atoms with Gasteiger partial charge in [-0.1, -0.05) is 42.5 Å². The third-order valence-electron chi connectivity index (χ3n) is 4.95. The number of hydrogen-bond donors (Lipinski definition) is 0. The molecule has 0 unspecified atom stereocenters. The number of nitrogens with zero attached hydrogens (tertiary/aromatic N) is 2. The molecular weight excluding hydrogens is 400 g/mol. The van der Waals surface area contributed by atoms with Crippen molar-refractivity contribution in [2.45, 2.75) is 12.5 Å². The maximum atomic E-state index is 12.9. The Balaban J connectivity index is 1.52. The van der Waals surface area contributed by atoms with Crippen molar-refractivity contribution in [3.63, 3.8) is 0 Å². The molecule has 0 saturated heterocycles. The highest BCUT2D eigenvalue weighted by molar-refractivity contribution is 6.03. The van der Waals surface area contributed by atoms with E-state index in [0.717, 1.165) is 22.6 Å². The van der Waals surface area contributed by atoms with Gasteiger partial charge in [-0.25, -0.2) is 9.80 Å². The van der Waals surface area contributed by atoms with Crippen LogP contribution in [0.4, 0.5) is 0 Å². The predicted octanol–water partition coefficient (Wildman–Crippen LogP) is 2.80. The minimum atomic E-state index is -0.750. The van der Waals surface area contributed by atoms with Crippen LogP contribution in [0.1, 0.15) is 23.6 Å². The van der Waals surface area contributed by atoms with Crippen molar-refractivity contribution in [1.82, 2.24) is 5.01 Å². The second kappa shape index (κ2) is 9.34. The van der Waals surface area contributed by atoms with Gasteiger partial charge in [0.2, 0.25) is 5.76 Å². The molecule has 0 fully saturated rings. The summed E-state index contributed by atoms with van der Waals surface area (Å²) in [6.07, 6.45) is 1.73. The van der Waals surface area contributed by atoms with Crippen molar-refractivity contribution < 1.29 is 28.5 Å². The third-order valence-corrected chi connectivity index (χ3v) is 4.95. The van der Waals surface area contributed by atoms with Crippen molar-refractivity contribution >= 4 is 17.6 Å². The maximum Gasteiger partial charge on any atom is 0.377 e. The molecule has 31 heavy (non-hydrogen) atoms. The predicted molar refractivity (Wildman–Crippen MR) is 111 cm³/mol. The molecule has 0 spiro atoms. The highest BCUT2D eigenvalue weighted by Gasteiger charge is 2.34. The van der Waals surface area contributed by atoms with Crippen molar-refractivity contribution in [2.75, 3.05) is 26.9 Å². The van der Waals surface area contributed by atoms with Crippen LogP contribution in [0.15, 0.2) is 71.7 Å². The van der Waals surface area contributed by atoms with E-state index < -0.39 is 18.5 Å². The summed E-state index contributed by atoms with van der Waals surface area (Å²) >= 11 is 0. The lowest BCUT2D eigenvalue weighted by atomic mass is 9.98. The molecule has 0 bridgehead atoms. The zero-order valence-electron chi connectivity index (χ0n) is 17.0. The standard InChI is InChI=1S/C23H22N2O6/c1-28-18-9-7-17(8-10-18)20-13-19(16-5-3-2-4-6-16)24-25(20)22(26)15-31-23(27)21-14-29-11-12-30-21/h2-10,14,20H,11-13,15H2,1H3/t20-/m1/s1. The smallest absolute Gasteiger partial charge is 0.377 e. The average Bonchev–Trinajstić information content (AvgIpc) is 3.29. The molecule has 0 N–H and O–H groups in total.